The van der Waals surface area contributed by atoms with Crippen LogP contribution < -0.4 is 5.32 Å². The number of rotatable bonds is 2. The monoisotopic (exact) mass is 218 g/mol. The van der Waals surface area contributed by atoms with E-state index in [1.54, 1.807) is 0 Å². The molecule has 1 amide bonds. The largest absolute Gasteiger partial charge is 0.341 e. The molecular formula is C10H19ClN2O. The topological polar surface area (TPSA) is 32.3 Å². The Morgan fingerprint density at radius 3 is 2.79 bits per heavy atom. The lowest BCUT2D eigenvalue weighted by Crippen LogP contribution is -2.44. The second kappa shape index (κ2) is 5.56. The second-order valence-corrected chi connectivity index (χ2v) is 4.09. The van der Waals surface area contributed by atoms with E-state index in [1.807, 2.05) is 4.90 Å². The normalized spacial score (nSPS) is 27.6. The highest BCUT2D eigenvalue weighted by Gasteiger charge is 2.23. The van der Waals surface area contributed by atoms with E-state index in [4.69, 9.17) is 0 Å². The number of piperidine rings is 1. The Hall–Kier alpha value is -0.280. The summed E-state index contributed by atoms with van der Waals surface area (Å²) in [5, 5.41) is 3.47. The number of hydrogen-bond acceptors (Lipinski definition) is 2. The molecule has 0 aromatic rings. The molecule has 0 saturated carbocycles. The van der Waals surface area contributed by atoms with Crippen LogP contribution in [0, 0.1) is 0 Å². The van der Waals surface area contributed by atoms with Crippen LogP contribution in [0.1, 0.15) is 32.1 Å². The van der Waals surface area contributed by atoms with Crippen molar-refractivity contribution in [2.75, 3.05) is 19.6 Å². The summed E-state index contributed by atoms with van der Waals surface area (Å²) < 4.78 is 0. The molecule has 0 aliphatic carbocycles. The van der Waals surface area contributed by atoms with Gasteiger partial charge in [-0.2, -0.15) is 0 Å². The number of nitrogens with one attached hydrogen (secondary N) is 1. The van der Waals surface area contributed by atoms with Crippen LogP contribution in [-0.2, 0) is 4.79 Å². The van der Waals surface area contributed by atoms with Crippen LogP contribution in [0.25, 0.3) is 0 Å². The van der Waals surface area contributed by atoms with E-state index in [-0.39, 0.29) is 12.4 Å². The Labute approximate surface area is 91.6 Å². The molecule has 2 fully saturated rings. The summed E-state index contributed by atoms with van der Waals surface area (Å²) in [6.07, 6.45) is 5.69. The van der Waals surface area contributed by atoms with Gasteiger partial charge in [0.1, 0.15) is 0 Å². The van der Waals surface area contributed by atoms with Gasteiger partial charge in [0.2, 0.25) is 5.91 Å². The van der Waals surface area contributed by atoms with Gasteiger partial charge in [-0.15, -0.1) is 12.4 Å². The summed E-state index contributed by atoms with van der Waals surface area (Å²) in [4.78, 5) is 13.4. The van der Waals surface area contributed by atoms with E-state index < -0.39 is 0 Å². The third-order valence-corrected chi connectivity index (χ3v) is 3.02. The molecule has 0 spiro atoms. The number of nitrogens with zero attached hydrogens (tertiary/aromatic N) is 1. The van der Waals surface area contributed by atoms with Crippen LogP contribution in [0.3, 0.4) is 0 Å². The third-order valence-electron chi connectivity index (χ3n) is 3.02. The molecule has 2 saturated heterocycles. The fourth-order valence-electron chi connectivity index (χ4n) is 2.24. The quantitative estimate of drug-likeness (QED) is 0.755. The minimum absolute atomic E-state index is 0. The van der Waals surface area contributed by atoms with E-state index in [0.29, 0.717) is 11.9 Å². The summed E-state index contributed by atoms with van der Waals surface area (Å²) in [6, 6.07) is 0.566. The smallest absolute Gasteiger partial charge is 0.222 e. The maximum atomic E-state index is 11.3. The first-order valence-electron chi connectivity index (χ1n) is 5.37. The molecular weight excluding hydrogens is 200 g/mol. The molecule has 0 aromatic carbocycles. The zero-order valence-electron chi connectivity index (χ0n) is 8.50. The highest BCUT2D eigenvalue weighted by Crippen LogP contribution is 2.13. The van der Waals surface area contributed by atoms with Crippen molar-refractivity contribution >= 4 is 18.3 Å². The first kappa shape index (κ1) is 11.8. The fraction of sp³-hybridized carbons (Fsp3) is 0.900. The molecule has 1 N–H and O–H groups in total. The van der Waals surface area contributed by atoms with Gasteiger partial charge in [0.15, 0.2) is 0 Å². The zero-order valence-corrected chi connectivity index (χ0v) is 9.31. The lowest BCUT2D eigenvalue weighted by molar-refractivity contribution is -0.128. The Balaban J connectivity index is 0.000000980. The minimum Gasteiger partial charge on any atom is -0.341 e. The van der Waals surface area contributed by atoms with Crippen molar-refractivity contribution in [2.45, 2.75) is 38.1 Å². The molecule has 1 atom stereocenters. The van der Waals surface area contributed by atoms with Gasteiger partial charge < -0.3 is 10.2 Å². The van der Waals surface area contributed by atoms with Crippen molar-refractivity contribution in [2.24, 2.45) is 0 Å². The summed E-state index contributed by atoms with van der Waals surface area (Å²) in [5.41, 5.74) is 0. The van der Waals surface area contributed by atoms with E-state index >= 15 is 0 Å². The Kier molecular flexibility index (Phi) is 4.69. The first-order valence-corrected chi connectivity index (χ1v) is 5.37. The maximum Gasteiger partial charge on any atom is 0.222 e. The predicted molar refractivity (Wildman–Crippen MR) is 58.7 cm³/mol. The molecule has 1 unspecified atom stereocenters. The van der Waals surface area contributed by atoms with E-state index in [0.717, 1.165) is 32.5 Å². The van der Waals surface area contributed by atoms with E-state index in [9.17, 15) is 4.79 Å². The van der Waals surface area contributed by atoms with Gasteiger partial charge in [0.05, 0.1) is 0 Å². The molecule has 4 heteroatoms. The number of carbonyl (C=O) groups excluding carboxylic acids is 1. The van der Waals surface area contributed by atoms with Gasteiger partial charge in [-0.25, -0.2) is 0 Å². The van der Waals surface area contributed by atoms with Gasteiger partial charge in [0.25, 0.3) is 0 Å². The van der Waals surface area contributed by atoms with Crippen LogP contribution in [0.4, 0.5) is 0 Å². The van der Waals surface area contributed by atoms with Crippen LogP contribution in [0.2, 0.25) is 0 Å². The number of hydrogen-bond donors (Lipinski definition) is 1. The van der Waals surface area contributed by atoms with Crippen LogP contribution >= 0.6 is 12.4 Å². The van der Waals surface area contributed by atoms with Gasteiger partial charge >= 0.3 is 0 Å². The fourth-order valence-corrected chi connectivity index (χ4v) is 2.24. The van der Waals surface area contributed by atoms with Crippen LogP contribution in [0.15, 0.2) is 0 Å². The van der Waals surface area contributed by atoms with Crippen molar-refractivity contribution in [1.29, 1.82) is 0 Å². The molecule has 0 radical (unpaired) electrons. The first-order chi connectivity index (χ1) is 6.36. The highest BCUT2D eigenvalue weighted by molar-refractivity contribution is 5.85. The molecule has 0 bridgehead atoms. The van der Waals surface area contributed by atoms with E-state index in [1.165, 1.54) is 19.3 Å². The van der Waals surface area contributed by atoms with Crippen molar-refractivity contribution in [1.82, 2.24) is 10.2 Å². The molecule has 82 valence electrons. The van der Waals surface area contributed by atoms with Crippen LogP contribution in [0.5, 0.6) is 0 Å². The van der Waals surface area contributed by atoms with Crippen molar-refractivity contribution in [3.05, 3.63) is 0 Å². The maximum absolute atomic E-state index is 11.3. The Morgan fingerprint density at radius 1 is 1.36 bits per heavy atom. The molecule has 2 heterocycles. The summed E-state index contributed by atoms with van der Waals surface area (Å²) in [5.74, 6) is 0.354. The average Bonchev–Trinajstić information content (AvgIpc) is 2.54. The highest BCUT2D eigenvalue weighted by atomic mass is 35.5. The number of halogens is 1. The Morgan fingerprint density at radius 2 is 2.21 bits per heavy atom. The number of likely N-dealkylation sites (tertiary alicyclic amines) is 1. The van der Waals surface area contributed by atoms with Crippen LogP contribution in [-0.4, -0.2) is 36.5 Å². The van der Waals surface area contributed by atoms with Gasteiger partial charge in [-0.05, 0) is 25.8 Å². The standard InChI is InChI=1S/C10H18N2O.ClH/c13-10-5-3-7-12(10)8-9-4-1-2-6-11-9;/h9,11H,1-8H2;1H. The number of carbonyl (C=O) groups is 1. The molecule has 3 nitrogen and oxygen atoms in total. The third kappa shape index (κ3) is 2.85. The summed E-state index contributed by atoms with van der Waals surface area (Å²) in [6.45, 7) is 3.06. The summed E-state index contributed by atoms with van der Waals surface area (Å²) in [7, 11) is 0. The lowest BCUT2D eigenvalue weighted by Gasteiger charge is -2.27. The average molecular weight is 219 g/mol. The molecule has 2 aliphatic rings. The molecule has 0 aromatic heterocycles. The zero-order chi connectivity index (χ0) is 9.10. The molecule has 14 heavy (non-hydrogen) atoms. The van der Waals surface area contributed by atoms with Crippen molar-refractivity contribution in [3.63, 3.8) is 0 Å². The predicted octanol–water partition coefficient (Wildman–Crippen LogP) is 1.17. The SMILES string of the molecule is Cl.O=C1CCCN1CC1CCCCN1. The molecule has 2 aliphatic heterocycles. The van der Waals surface area contributed by atoms with Gasteiger partial charge in [-0.3, -0.25) is 4.79 Å². The lowest BCUT2D eigenvalue weighted by atomic mass is 10.0. The van der Waals surface area contributed by atoms with Crippen molar-refractivity contribution < 1.29 is 4.79 Å². The summed E-state index contributed by atoms with van der Waals surface area (Å²) >= 11 is 0. The van der Waals surface area contributed by atoms with E-state index in [2.05, 4.69) is 5.32 Å². The van der Waals surface area contributed by atoms with Gasteiger partial charge in [-0.1, -0.05) is 6.42 Å². The van der Waals surface area contributed by atoms with Crippen molar-refractivity contribution in [3.8, 4) is 0 Å². The Bertz CT molecular complexity index is 193. The second-order valence-electron chi connectivity index (χ2n) is 4.09. The molecule has 2 rings (SSSR count). The van der Waals surface area contributed by atoms with Gasteiger partial charge in [0, 0.05) is 25.6 Å². The number of amides is 1. The minimum atomic E-state index is 0.